The Morgan fingerprint density at radius 3 is 2.24 bits per heavy atom. The first-order valence-electron chi connectivity index (χ1n) is 8.23. The summed E-state index contributed by atoms with van der Waals surface area (Å²) in [4.78, 5) is 14.2. The van der Waals surface area contributed by atoms with Gasteiger partial charge in [-0.1, -0.05) is 30.3 Å². The monoisotopic (exact) mass is 453 g/mol. The Hall–Kier alpha value is -1.76. The van der Waals surface area contributed by atoms with Gasteiger partial charge in [0.2, 0.25) is 0 Å². The molecule has 0 aromatic heterocycles. The normalized spacial score (nSPS) is 11.0. The first-order valence-corrected chi connectivity index (χ1v) is 9.31. The van der Waals surface area contributed by atoms with Gasteiger partial charge in [-0.25, -0.2) is 4.79 Å². The zero-order chi connectivity index (χ0) is 18.3. The molecule has 0 saturated carbocycles. The van der Waals surface area contributed by atoms with Crippen molar-refractivity contribution in [1.82, 2.24) is 4.90 Å². The number of ether oxygens (including phenoxy) is 2. The Labute approximate surface area is 163 Å². The molecule has 0 heterocycles. The van der Waals surface area contributed by atoms with Crippen molar-refractivity contribution in [1.29, 1.82) is 0 Å². The molecular formula is C20H24INO3. The third kappa shape index (κ3) is 6.57. The summed E-state index contributed by atoms with van der Waals surface area (Å²) in [5.74, 6) is 0.772. The minimum atomic E-state index is -0.331. The van der Waals surface area contributed by atoms with Crippen molar-refractivity contribution in [3.63, 3.8) is 0 Å². The van der Waals surface area contributed by atoms with Crippen LogP contribution in [0.4, 0.5) is 4.79 Å². The largest absolute Gasteiger partial charge is 0.490 e. The summed E-state index contributed by atoms with van der Waals surface area (Å²) in [5, 5.41) is 0. The molecule has 2 rings (SSSR count). The van der Waals surface area contributed by atoms with E-state index in [1.807, 2.05) is 75.4 Å². The van der Waals surface area contributed by atoms with Crippen molar-refractivity contribution >= 4 is 28.7 Å². The molecule has 0 aliphatic carbocycles. The van der Waals surface area contributed by atoms with Gasteiger partial charge in [0.05, 0.1) is 0 Å². The number of benzene rings is 2. The van der Waals surface area contributed by atoms with E-state index < -0.39 is 0 Å². The Morgan fingerprint density at radius 2 is 1.64 bits per heavy atom. The van der Waals surface area contributed by atoms with E-state index in [2.05, 4.69) is 22.6 Å². The molecule has 0 unspecified atom stereocenters. The number of hydrogen-bond donors (Lipinski definition) is 0. The third-order valence-corrected chi connectivity index (χ3v) is 4.32. The van der Waals surface area contributed by atoms with Gasteiger partial charge in [0.15, 0.2) is 0 Å². The van der Waals surface area contributed by atoms with E-state index in [1.54, 1.807) is 4.90 Å². The standard InChI is InChI=1S/C20H24INO3/c1-20(2,3)22(15-16-7-5-4-6-8-16)19(23)25-14-13-24-18-11-9-17(21)10-12-18/h4-12H,13-15H2,1-3H3. The van der Waals surface area contributed by atoms with Crippen molar-refractivity contribution in [2.75, 3.05) is 13.2 Å². The minimum Gasteiger partial charge on any atom is -0.490 e. The summed E-state index contributed by atoms with van der Waals surface area (Å²) >= 11 is 2.24. The molecule has 0 fully saturated rings. The molecule has 25 heavy (non-hydrogen) atoms. The zero-order valence-electron chi connectivity index (χ0n) is 14.9. The van der Waals surface area contributed by atoms with Gasteiger partial charge >= 0.3 is 6.09 Å². The van der Waals surface area contributed by atoms with E-state index in [0.29, 0.717) is 13.2 Å². The second-order valence-electron chi connectivity index (χ2n) is 6.66. The number of carbonyl (C=O) groups is 1. The number of rotatable bonds is 6. The van der Waals surface area contributed by atoms with Crippen molar-refractivity contribution in [3.8, 4) is 5.75 Å². The topological polar surface area (TPSA) is 38.8 Å². The lowest BCUT2D eigenvalue weighted by atomic mass is 10.1. The van der Waals surface area contributed by atoms with Crippen LogP contribution in [-0.2, 0) is 11.3 Å². The van der Waals surface area contributed by atoms with E-state index in [0.717, 1.165) is 14.9 Å². The van der Waals surface area contributed by atoms with Crippen molar-refractivity contribution in [2.45, 2.75) is 32.9 Å². The summed E-state index contributed by atoms with van der Waals surface area (Å²) in [7, 11) is 0. The average Bonchev–Trinajstić information content (AvgIpc) is 2.58. The highest BCUT2D eigenvalue weighted by atomic mass is 127. The molecule has 0 atom stereocenters. The lowest BCUT2D eigenvalue weighted by Gasteiger charge is -2.34. The molecule has 4 nitrogen and oxygen atoms in total. The first-order chi connectivity index (χ1) is 11.9. The van der Waals surface area contributed by atoms with E-state index in [9.17, 15) is 4.79 Å². The van der Waals surface area contributed by atoms with Gasteiger partial charge in [0, 0.05) is 15.7 Å². The number of carbonyl (C=O) groups excluding carboxylic acids is 1. The van der Waals surface area contributed by atoms with E-state index in [4.69, 9.17) is 9.47 Å². The van der Waals surface area contributed by atoms with Crippen LogP contribution in [0.15, 0.2) is 54.6 Å². The molecule has 1 amide bonds. The van der Waals surface area contributed by atoms with Crippen LogP contribution in [0, 0.1) is 3.57 Å². The van der Waals surface area contributed by atoms with Gasteiger partial charge in [0.1, 0.15) is 19.0 Å². The molecule has 0 saturated heterocycles. The lowest BCUT2D eigenvalue weighted by molar-refractivity contribution is 0.0549. The summed E-state index contributed by atoms with van der Waals surface area (Å²) < 4.78 is 12.2. The SMILES string of the molecule is CC(C)(C)N(Cc1ccccc1)C(=O)OCCOc1ccc(I)cc1. The predicted molar refractivity (Wildman–Crippen MR) is 108 cm³/mol. The van der Waals surface area contributed by atoms with Crippen LogP contribution in [0.3, 0.4) is 0 Å². The van der Waals surface area contributed by atoms with Gasteiger partial charge < -0.3 is 9.47 Å². The number of amides is 1. The molecular weight excluding hydrogens is 429 g/mol. The highest BCUT2D eigenvalue weighted by Crippen LogP contribution is 2.19. The van der Waals surface area contributed by atoms with Crippen LogP contribution in [0.1, 0.15) is 26.3 Å². The molecule has 0 aliphatic rings. The summed E-state index contributed by atoms with van der Waals surface area (Å²) in [5.41, 5.74) is 0.744. The zero-order valence-corrected chi connectivity index (χ0v) is 17.0. The second-order valence-corrected chi connectivity index (χ2v) is 7.90. The van der Waals surface area contributed by atoms with E-state index in [1.165, 1.54) is 0 Å². The highest BCUT2D eigenvalue weighted by molar-refractivity contribution is 14.1. The first kappa shape index (κ1) is 19.6. The lowest BCUT2D eigenvalue weighted by Crippen LogP contribution is -2.45. The second kappa shape index (κ2) is 9.08. The number of nitrogens with zero attached hydrogens (tertiary/aromatic N) is 1. The molecule has 0 bridgehead atoms. The number of hydrogen-bond acceptors (Lipinski definition) is 3. The van der Waals surface area contributed by atoms with Gasteiger partial charge in [0.25, 0.3) is 0 Å². The maximum atomic E-state index is 12.5. The third-order valence-electron chi connectivity index (χ3n) is 3.60. The summed E-state index contributed by atoms with van der Waals surface area (Å²) in [6, 6.07) is 17.7. The fourth-order valence-corrected chi connectivity index (χ4v) is 2.60. The Kier molecular flexibility index (Phi) is 7.11. The molecule has 0 radical (unpaired) electrons. The minimum absolute atomic E-state index is 0.214. The van der Waals surface area contributed by atoms with Gasteiger partial charge in [-0.3, -0.25) is 4.90 Å². The van der Waals surface area contributed by atoms with Gasteiger partial charge in [-0.2, -0.15) is 0 Å². The molecule has 0 spiro atoms. The van der Waals surface area contributed by atoms with Crippen LogP contribution in [0.5, 0.6) is 5.75 Å². The fraction of sp³-hybridized carbons (Fsp3) is 0.350. The smallest absolute Gasteiger partial charge is 0.410 e. The number of halogens is 1. The van der Waals surface area contributed by atoms with E-state index >= 15 is 0 Å². The van der Waals surface area contributed by atoms with Crippen LogP contribution in [-0.4, -0.2) is 29.7 Å². The van der Waals surface area contributed by atoms with Crippen molar-refractivity contribution in [3.05, 3.63) is 63.7 Å². The Balaban J connectivity index is 1.85. The summed E-state index contributed by atoms with van der Waals surface area (Å²) in [6.07, 6.45) is -0.331. The van der Waals surface area contributed by atoms with Crippen LogP contribution >= 0.6 is 22.6 Å². The highest BCUT2D eigenvalue weighted by Gasteiger charge is 2.27. The van der Waals surface area contributed by atoms with Crippen molar-refractivity contribution < 1.29 is 14.3 Å². The summed E-state index contributed by atoms with van der Waals surface area (Å²) in [6.45, 7) is 7.06. The Bertz CT molecular complexity index is 666. The van der Waals surface area contributed by atoms with Crippen LogP contribution in [0.25, 0.3) is 0 Å². The molecule has 2 aromatic rings. The van der Waals surface area contributed by atoms with E-state index in [-0.39, 0.29) is 18.2 Å². The maximum absolute atomic E-state index is 12.5. The quantitative estimate of drug-likeness (QED) is 0.451. The molecule has 5 heteroatoms. The Morgan fingerprint density at radius 1 is 1.00 bits per heavy atom. The molecule has 2 aromatic carbocycles. The van der Waals surface area contributed by atoms with Gasteiger partial charge in [-0.05, 0) is 73.2 Å². The fourth-order valence-electron chi connectivity index (χ4n) is 2.24. The molecule has 134 valence electrons. The van der Waals surface area contributed by atoms with Crippen molar-refractivity contribution in [2.24, 2.45) is 0 Å². The van der Waals surface area contributed by atoms with Gasteiger partial charge in [-0.15, -0.1) is 0 Å². The molecule has 0 N–H and O–H groups in total. The molecule has 0 aliphatic heterocycles. The van der Waals surface area contributed by atoms with Crippen LogP contribution < -0.4 is 4.74 Å². The maximum Gasteiger partial charge on any atom is 0.410 e. The predicted octanol–water partition coefficient (Wildman–Crippen LogP) is 5.11. The average molecular weight is 453 g/mol. The van der Waals surface area contributed by atoms with Crippen LogP contribution in [0.2, 0.25) is 0 Å².